The summed E-state index contributed by atoms with van der Waals surface area (Å²) in [5.74, 6) is 0.175. The second kappa shape index (κ2) is 5.83. The molecule has 0 amide bonds. The lowest BCUT2D eigenvalue weighted by atomic mass is 10.1. The van der Waals surface area contributed by atoms with E-state index in [1.807, 2.05) is 30.3 Å². The quantitative estimate of drug-likeness (QED) is 0.785. The molecule has 4 heteroatoms. The summed E-state index contributed by atoms with van der Waals surface area (Å²) < 4.78 is 20.3. The van der Waals surface area contributed by atoms with Crippen LogP contribution in [0.2, 0.25) is 0 Å². The van der Waals surface area contributed by atoms with Crippen molar-refractivity contribution in [3.8, 4) is 11.8 Å². The highest BCUT2D eigenvalue weighted by Gasteiger charge is 2.07. The molecular formula is C14H9FINO. The van der Waals surface area contributed by atoms with Crippen molar-refractivity contribution < 1.29 is 9.13 Å². The van der Waals surface area contributed by atoms with Gasteiger partial charge in [-0.15, -0.1) is 0 Å². The van der Waals surface area contributed by atoms with Crippen LogP contribution in [-0.4, -0.2) is 0 Å². The highest BCUT2D eigenvalue weighted by molar-refractivity contribution is 14.1. The zero-order valence-electron chi connectivity index (χ0n) is 9.36. The maximum atomic E-state index is 13.8. The smallest absolute Gasteiger partial charge is 0.147 e. The fraction of sp³-hybridized carbons (Fsp3) is 0.0714. The van der Waals surface area contributed by atoms with Crippen LogP contribution in [0.25, 0.3) is 0 Å². The van der Waals surface area contributed by atoms with E-state index >= 15 is 0 Å². The molecule has 0 spiro atoms. The standard InChI is InChI=1S/C14H9FINO/c15-14-10(8-17)3-1-4-11(14)9-18-13-6-2-5-12(16)7-13/h1-7H,9H2. The van der Waals surface area contributed by atoms with Crippen molar-refractivity contribution in [3.63, 3.8) is 0 Å². The van der Waals surface area contributed by atoms with Gasteiger partial charge in [-0.25, -0.2) is 4.39 Å². The van der Waals surface area contributed by atoms with Crippen molar-refractivity contribution in [2.45, 2.75) is 6.61 Å². The van der Waals surface area contributed by atoms with Crippen LogP contribution in [0.1, 0.15) is 11.1 Å². The normalized spacial score (nSPS) is 9.83. The van der Waals surface area contributed by atoms with Crippen molar-refractivity contribution in [3.05, 3.63) is 63.0 Å². The van der Waals surface area contributed by atoms with Gasteiger partial charge in [-0.05, 0) is 46.9 Å². The first kappa shape index (κ1) is 12.8. The van der Waals surface area contributed by atoms with Gasteiger partial charge in [-0.3, -0.25) is 0 Å². The SMILES string of the molecule is N#Cc1cccc(COc2cccc(I)c2)c1F. The highest BCUT2D eigenvalue weighted by Crippen LogP contribution is 2.18. The van der Waals surface area contributed by atoms with Crippen LogP contribution >= 0.6 is 22.6 Å². The average molecular weight is 353 g/mol. The Labute approximate surface area is 118 Å². The summed E-state index contributed by atoms with van der Waals surface area (Å²) in [5, 5.41) is 8.73. The van der Waals surface area contributed by atoms with Gasteiger partial charge in [0.15, 0.2) is 0 Å². The fourth-order valence-corrected chi connectivity index (χ4v) is 2.01. The van der Waals surface area contributed by atoms with E-state index in [2.05, 4.69) is 22.6 Å². The lowest BCUT2D eigenvalue weighted by Gasteiger charge is -2.08. The molecule has 0 saturated heterocycles. The Hall–Kier alpha value is -1.61. The predicted molar refractivity (Wildman–Crippen MR) is 74.6 cm³/mol. The Morgan fingerprint density at radius 2 is 2.00 bits per heavy atom. The number of hydrogen-bond acceptors (Lipinski definition) is 2. The molecule has 2 rings (SSSR count). The number of halogens is 2. The number of hydrogen-bond donors (Lipinski definition) is 0. The summed E-state index contributed by atoms with van der Waals surface area (Å²) in [5.41, 5.74) is 0.423. The Morgan fingerprint density at radius 1 is 1.22 bits per heavy atom. The summed E-state index contributed by atoms with van der Waals surface area (Å²) in [6.45, 7) is 0.113. The first-order valence-electron chi connectivity index (χ1n) is 5.26. The van der Waals surface area contributed by atoms with E-state index in [1.54, 1.807) is 12.1 Å². The summed E-state index contributed by atoms with van der Waals surface area (Å²) in [4.78, 5) is 0. The molecule has 2 aromatic carbocycles. The second-order valence-electron chi connectivity index (χ2n) is 3.64. The number of benzene rings is 2. The first-order chi connectivity index (χ1) is 8.70. The van der Waals surface area contributed by atoms with E-state index in [0.29, 0.717) is 11.3 Å². The van der Waals surface area contributed by atoms with Gasteiger partial charge in [0.2, 0.25) is 0 Å². The van der Waals surface area contributed by atoms with Crippen molar-refractivity contribution in [1.82, 2.24) is 0 Å². The van der Waals surface area contributed by atoms with Crippen LogP contribution in [0.15, 0.2) is 42.5 Å². The Bertz CT molecular complexity index is 607. The Kier molecular flexibility index (Phi) is 4.15. The second-order valence-corrected chi connectivity index (χ2v) is 4.88. The molecule has 0 aliphatic carbocycles. The minimum Gasteiger partial charge on any atom is -0.489 e. The van der Waals surface area contributed by atoms with E-state index in [-0.39, 0.29) is 12.2 Å². The van der Waals surface area contributed by atoms with Gasteiger partial charge in [0.05, 0.1) is 5.56 Å². The molecule has 0 bridgehead atoms. The molecule has 2 aromatic rings. The molecule has 0 radical (unpaired) electrons. The molecule has 90 valence electrons. The van der Waals surface area contributed by atoms with E-state index < -0.39 is 5.82 Å². The molecular weight excluding hydrogens is 344 g/mol. The minimum absolute atomic E-state index is 0.0405. The molecule has 0 saturated carbocycles. The monoisotopic (exact) mass is 353 g/mol. The van der Waals surface area contributed by atoms with E-state index in [4.69, 9.17) is 10.00 Å². The summed E-state index contributed by atoms with van der Waals surface area (Å²) in [6.07, 6.45) is 0. The van der Waals surface area contributed by atoms with Gasteiger partial charge in [-0.1, -0.05) is 18.2 Å². The van der Waals surface area contributed by atoms with Crippen molar-refractivity contribution in [2.75, 3.05) is 0 Å². The summed E-state index contributed by atoms with van der Waals surface area (Å²) in [7, 11) is 0. The van der Waals surface area contributed by atoms with Gasteiger partial charge in [0.25, 0.3) is 0 Å². The van der Waals surface area contributed by atoms with Gasteiger partial charge in [0, 0.05) is 9.13 Å². The molecule has 2 nitrogen and oxygen atoms in total. The summed E-state index contributed by atoms with van der Waals surface area (Å²) >= 11 is 2.18. The average Bonchev–Trinajstić information content (AvgIpc) is 2.38. The topological polar surface area (TPSA) is 33.0 Å². The fourth-order valence-electron chi connectivity index (χ4n) is 1.50. The van der Waals surface area contributed by atoms with Gasteiger partial charge >= 0.3 is 0 Å². The summed E-state index contributed by atoms with van der Waals surface area (Å²) in [6, 6.07) is 14.0. The maximum absolute atomic E-state index is 13.8. The van der Waals surface area contributed by atoms with Crippen molar-refractivity contribution in [1.29, 1.82) is 5.26 Å². The molecule has 0 aromatic heterocycles. The minimum atomic E-state index is -0.509. The number of nitriles is 1. The van der Waals surface area contributed by atoms with E-state index in [9.17, 15) is 4.39 Å². The molecule has 0 aliphatic rings. The molecule has 0 atom stereocenters. The zero-order valence-corrected chi connectivity index (χ0v) is 11.5. The molecule has 0 fully saturated rings. The van der Waals surface area contributed by atoms with Crippen LogP contribution in [-0.2, 0) is 6.61 Å². The molecule has 0 aliphatic heterocycles. The van der Waals surface area contributed by atoms with Gasteiger partial charge in [0.1, 0.15) is 24.2 Å². The molecule has 0 unspecified atom stereocenters. The highest BCUT2D eigenvalue weighted by atomic mass is 127. The number of rotatable bonds is 3. The van der Waals surface area contributed by atoms with Crippen LogP contribution in [0.3, 0.4) is 0 Å². The lowest BCUT2D eigenvalue weighted by molar-refractivity contribution is 0.299. The lowest BCUT2D eigenvalue weighted by Crippen LogP contribution is -2.00. The number of ether oxygens (including phenoxy) is 1. The largest absolute Gasteiger partial charge is 0.489 e. The number of nitrogens with zero attached hydrogens (tertiary/aromatic N) is 1. The van der Waals surface area contributed by atoms with Crippen LogP contribution in [0.4, 0.5) is 4.39 Å². The van der Waals surface area contributed by atoms with Crippen LogP contribution in [0.5, 0.6) is 5.75 Å². The van der Waals surface area contributed by atoms with Crippen molar-refractivity contribution >= 4 is 22.6 Å². The van der Waals surface area contributed by atoms with E-state index in [0.717, 1.165) is 3.57 Å². The van der Waals surface area contributed by atoms with Gasteiger partial charge < -0.3 is 4.74 Å². The van der Waals surface area contributed by atoms with Crippen LogP contribution < -0.4 is 4.74 Å². The molecule has 0 N–H and O–H groups in total. The zero-order chi connectivity index (χ0) is 13.0. The third kappa shape index (κ3) is 2.99. The third-order valence-corrected chi connectivity index (χ3v) is 3.06. The molecule has 18 heavy (non-hydrogen) atoms. The van der Waals surface area contributed by atoms with E-state index in [1.165, 1.54) is 6.07 Å². The predicted octanol–water partition coefficient (Wildman–Crippen LogP) is 3.88. The Morgan fingerprint density at radius 3 is 2.72 bits per heavy atom. The third-order valence-electron chi connectivity index (χ3n) is 2.39. The first-order valence-corrected chi connectivity index (χ1v) is 6.34. The van der Waals surface area contributed by atoms with Crippen molar-refractivity contribution in [2.24, 2.45) is 0 Å². The van der Waals surface area contributed by atoms with Crippen LogP contribution in [0, 0.1) is 20.7 Å². The molecule has 0 heterocycles. The maximum Gasteiger partial charge on any atom is 0.147 e. The van der Waals surface area contributed by atoms with Gasteiger partial charge in [-0.2, -0.15) is 5.26 Å². The Balaban J connectivity index is 2.14.